The highest BCUT2D eigenvalue weighted by molar-refractivity contribution is 6.30. The van der Waals surface area contributed by atoms with E-state index in [2.05, 4.69) is 39.8 Å². The van der Waals surface area contributed by atoms with E-state index < -0.39 is 0 Å². The lowest BCUT2D eigenvalue weighted by atomic mass is 9.88. The van der Waals surface area contributed by atoms with Gasteiger partial charge in [-0.15, -0.1) is 0 Å². The van der Waals surface area contributed by atoms with Gasteiger partial charge in [0.15, 0.2) is 0 Å². The second-order valence-electron chi connectivity index (χ2n) is 7.65. The molecule has 0 N–H and O–H groups in total. The molecule has 0 amide bonds. The van der Waals surface area contributed by atoms with Crippen LogP contribution in [-0.2, 0) is 6.42 Å². The molecular formula is C23H27ClN4. The highest BCUT2D eigenvalue weighted by Gasteiger charge is 2.22. The van der Waals surface area contributed by atoms with Gasteiger partial charge in [-0.2, -0.15) is 0 Å². The predicted octanol–water partition coefficient (Wildman–Crippen LogP) is 5.65. The SMILES string of the molecule is CN(CCc1cn(-c2ccc(Cl)cc2)c(C2CCCCC2)n1)c1ccncc1. The van der Waals surface area contributed by atoms with Crippen molar-refractivity contribution >= 4 is 17.3 Å². The molecule has 28 heavy (non-hydrogen) atoms. The molecule has 5 heteroatoms. The number of hydrogen-bond donors (Lipinski definition) is 0. The third-order valence-electron chi connectivity index (χ3n) is 5.67. The van der Waals surface area contributed by atoms with Gasteiger partial charge in [0.25, 0.3) is 0 Å². The number of nitrogens with zero attached hydrogens (tertiary/aromatic N) is 4. The van der Waals surface area contributed by atoms with Crippen molar-refractivity contribution in [2.45, 2.75) is 44.4 Å². The Hall–Kier alpha value is -2.33. The molecule has 2 heterocycles. The van der Waals surface area contributed by atoms with Gasteiger partial charge >= 0.3 is 0 Å². The van der Waals surface area contributed by atoms with Crippen molar-refractivity contribution in [3.63, 3.8) is 0 Å². The molecule has 146 valence electrons. The summed E-state index contributed by atoms with van der Waals surface area (Å²) in [4.78, 5) is 11.4. The van der Waals surface area contributed by atoms with E-state index in [1.807, 2.05) is 36.7 Å². The Kier molecular flexibility index (Phi) is 5.96. The summed E-state index contributed by atoms with van der Waals surface area (Å²) in [5.41, 5.74) is 3.47. The Labute approximate surface area is 172 Å². The number of rotatable bonds is 6. The molecule has 0 aliphatic heterocycles. The fourth-order valence-corrected chi connectivity index (χ4v) is 4.16. The molecule has 0 radical (unpaired) electrons. The van der Waals surface area contributed by atoms with Crippen molar-refractivity contribution in [3.05, 3.63) is 71.5 Å². The van der Waals surface area contributed by atoms with Gasteiger partial charge in [0, 0.05) is 60.9 Å². The molecule has 1 aromatic carbocycles. The van der Waals surface area contributed by atoms with E-state index in [0.717, 1.165) is 29.4 Å². The van der Waals surface area contributed by atoms with Crippen molar-refractivity contribution in [2.75, 3.05) is 18.5 Å². The van der Waals surface area contributed by atoms with Crippen LogP contribution in [0.1, 0.15) is 49.5 Å². The van der Waals surface area contributed by atoms with Crippen LogP contribution in [0.4, 0.5) is 5.69 Å². The molecule has 0 spiro atoms. The average Bonchev–Trinajstić information content (AvgIpc) is 3.18. The minimum absolute atomic E-state index is 0.552. The first-order valence-electron chi connectivity index (χ1n) is 10.2. The van der Waals surface area contributed by atoms with Crippen LogP contribution in [0.25, 0.3) is 5.69 Å². The summed E-state index contributed by atoms with van der Waals surface area (Å²) in [6.45, 7) is 0.922. The second-order valence-corrected chi connectivity index (χ2v) is 8.09. The van der Waals surface area contributed by atoms with Gasteiger partial charge in [-0.25, -0.2) is 4.98 Å². The van der Waals surface area contributed by atoms with Gasteiger partial charge in [-0.05, 0) is 49.2 Å². The second kappa shape index (κ2) is 8.78. The number of pyridine rings is 1. The Morgan fingerprint density at radius 3 is 2.46 bits per heavy atom. The highest BCUT2D eigenvalue weighted by Crippen LogP contribution is 2.33. The van der Waals surface area contributed by atoms with Crippen LogP contribution in [0.3, 0.4) is 0 Å². The van der Waals surface area contributed by atoms with Crippen molar-refractivity contribution in [1.82, 2.24) is 14.5 Å². The normalized spacial score (nSPS) is 14.9. The quantitative estimate of drug-likeness (QED) is 0.541. The molecule has 1 aliphatic rings. The van der Waals surface area contributed by atoms with Gasteiger partial charge in [0.2, 0.25) is 0 Å². The third-order valence-corrected chi connectivity index (χ3v) is 5.92. The Balaban J connectivity index is 1.56. The molecule has 0 atom stereocenters. The fraction of sp³-hybridized carbons (Fsp3) is 0.391. The smallest absolute Gasteiger partial charge is 0.116 e. The van der Waals surface area contributed by atoms with Crippen LogP contribution in [0.15, 0.2) is 55.0 Å². The van der Waals surface area contributed by atoms with E-state index in [1.54, 1.807) is 0 Å². The number of likely N-dealkylation sites (N-methyl/N-ethyl adjacent to an activating group) is 1. The number of imidazole rings is 1. The van der Waals surface area contributed by atoms with Crippen LogP contribution >= 0.6 is 11.6 Å². The van der Waals surface area contributed by atoms with Crippen molar-refractivity contribution in [2.24, 2.45) is 0 Å². The monoisotopic (exact) mass is 394 g/mol. The molecule has 4 nitrogen and oxygen atoms in total. The number of anilines is 1. The zero-order valence-electron chi connectivity index (χ0n) is 16.4. The zero-order valence-corrected chi connectivity index (χ0v) is 17.1. The van der Waals surface area contributed by atoms with Crippen LogP contribution < -0.4 is 4.90 Å². The molecule has 0 unspecified atom stereocenters. The minimum Gasteiger partial charge on any atom is -0.374 e. The van der Waals surface area contributed by atoms with Gasteiger partial charge in [-0.1, -0.05) is 30.9 Å². The van der Waals surface area contributed by atoms with Crippen LogP contribution in [0.5, 0.6) is 0 Å². The van der Waals surface area contributed by atoms with E-state index in [-0.39, 0.29) is 0 Å². The van der Waals surface area contributed by atoms with Crippen LogP contribution in [0, 0.1) is 0 Å². The fourth-order valence-electron chi connectivity index (χ4n) is 4.03. The Bertz CT molecular complexity index is 883. The van der Waals surface area contributed by atoms with Gasteiger partial charge in [0.1, 0.15) is 5.82 Å². The van der Waals surface area contributed by atoms with E-state index in [1.165, 1.54) is 43.6 Å². The first-order valence-corrected chi connectivity index (χ1v) is 10.5. The molecular weight excluding hydrogens is 368 g/mol. The maximum atomic E-state index is 6.10. The first kappa shape index (κ1) is 19.0. The highest BCUT2D eigenvalue weighted by atomic mass is 35.5. The van der Waals surface area contributed by atoms with Crippen molar-refractivity contribution in [1.29, 1.82) is 0 Å². The van der Waals surface area contributed by atoms with Gasteiger partial charge in [-0.3, -0.25) is 4.98 Å². The maximum absolute atomic E-state index is 6.10. The zero-order chi connectivity index (χ0) is 19.3. The van der Waals surface area contributed by atoms with Gasteiger partial charge < -0.3 is 9.47 Å². The standard InChI is InChI=1S/C23H27ClN4/c1-27(21-11-14-25-15-12-21)16-13-20-17-28(22-9-7-19(24)8-10-22)23(26-20)18-5-3-2-4-6-18/h7-12,14-15,17-18H,2-6,13,16H2,1H3. The summed E-state index contributed by atoms with van der Waals surface area (Å²) in [6, 6.07) is 12.2. The Morgan fingerprint density at radius 2 is 1.75 bits per heavy atom. The molecule has 0 saturated heterocycles. The summed E-state index contributed by atoms with van der Waals surface area (Å²) in [5, 5.41) is 0.766. The number of halogens is 1. The van der Waals surface area contributed by atoms with Gasteiger partial charge in [0.05, 0.1) is 5.69 Å². The minimum atomic E-state index is 0.552. The van der Waals surface area contributed by atoms with Crippen molar-refractivity contribution < 1.29 is 0 Å². The van der Waals surface area contributed by atoms with Crippen molar-refractivity contribution in [3.8, 4) is 5.69 Å². The summed E-state index contributed by atoms with van der Waals surface area (Å²) < 4.78 is 2.29. The maximum Gasteiger partial charge on any atom is 0.116 e. The molecule has 4 rings (SSSR count). The predicted molar refractivity (Wildman–Crippen MR) is 116 cm³/mol. The Morgan fingerprint density at radius 1 is 1.04 bits per heavy atom. The lowest BCUT2D eigenvalue weighted by molar-refractivity contribution is 0.425. The summed E-state index contributed by atoms with van der Waals surface area (Å²) >= 11 is 6.10. The molecule has 1 fully saturated rings. The first-order chi connectivity index (χ1) is 13.7. The van der Waals surface area contributed by atoms with E-state index >= 15 is 0 Å². The van der Waals surface area contributed by atoms with E-state index in [9.17, 15) is 0 Å². The molecule has 2 aromatic heterocycles. The van der Waals surface area contributed by atoms with E-state index in [4.69, 9.17) is 16.6 Å². The summed E-state index contributed by atoms with van der Waals surface area (Å²) in [5.74, 6) is 1.76. The number of aromatic nitrogens is 3. The number of benzene rings is 1. The largest absolute Gasteiger partial charge is 0.374 e. The molecule has 3 aromatic rings. The van der Waals surface area contributed by atoms with Crippen LogP contribution in [-0.4, -0.2) is 28.1 Å². The summed E-state index contributed by atoms with van der Waals surface area (Å²) in [7, 11) is 2.12. The number of hydrogen-bond acceptors (Lipinski definition) is 3. The topological polar surface area (TPSA) is 34.0 Å². The molecule has 1 saturated carbocycles. The van der Waals surface area contributed by atoms with Crippen LogP contribution in [0.2, 0.25) is 5.02 Å². The lowest BCUT2D eigenvalue weighted by Crippen LogP contribution is -2.20. The average molecular weight is 395 g/mol. The molecule has 0 bridgehead atoms. The lowest BCUT2D eigenvalue weighted by Gasteiger charge is -2.22. The summed E-state index contributed by atoms with van der Waals surface area (Å²) in [6.07, 6.45) is 13.2. The third kappa shape index (κ3) is 4.39. The molecule has 1 aliphatic carbocycles. The van der Waals surface area contributed by atoms with E-state index in [0.29, 0.717) is 5.92 Å².